The van der Waals surface area contributed by atoms with Gasteiger partial charge in [-0.1, -0.05) is 18.2 Å². The average molecular weight is 405 g/mol. The first-order chi connectivity index (χ1) is 14.5. The number of rotatable bonds is 7. The number of aliphatic hydroxyl groups is 1. The standard InChI is InChI=1S/C23H23N3O4/c1-15-6-7-20(29-9-8-27)11-18(15)12-22-24-13-21(30-22)17-4-3-5-19(10-17)26-14-16(2)25-23(26)28/h3-7,10-11,13-14,27H,8-9,12H2,1-2H3,(H,25,28). The first-order valence-electron chi connectivity index (χ1n) is 9.70. The molecule has 4 aromatic rings. The maximum Gasteiger partial charge on any atom is 0.330 e. The molecule has 0 aliphatic carbocycles. The fourth-order valence-corrected chi connectivity index (χ4v) is 3.29. The van der Waals surface area contributed by atoms with Crippen LogP contribution in [0.15, 0.2) is 64.1 Å². The predicted molar refractivity (Wildman–Crippen MR) is 113 cm³/mol. The summed E-state index contributed by atoms with van der Waals surface area (Å²) < 4.78 is 13.1. The van der Waals surface area contributed by atoms with Crippen LogP contribution in [-0.4, -0.2) is 32.9 Å². The molecule has 2 aromatic carbocycles. The van der Waals surface area contributed by atoms with Crippen LogP contribution in [0.4, 0.5) is 0 Å². The zero-order valence-corrected chi connectivity index (χ0v) is 16.9. The molecule has 0 atom stereocenters. The third-order valence-corrected chi connectivity index (χ3v) is 4.83. The molecule has 0 unspecified atom stereocenters. The van der Waals surface area contributed by atoms with Gasteiger partial charge in [-0.25, -0.2) is 9.78 Å². The lowest BCUT2D eigenvalue weighted by atomic mass is 10.1. The van der Waals surface area contributed by atoms with Gasteiger partial charge in [0.25, 0.3) is 0 Å². The average Bonchev–Trinajstić information content (AvgIpc) is 3.34. The summed E-state index contributed by atoms with van der Waals surface area (Å²) in [6.45, 7) is 4.09. The smallest absolute Gasteiger partial charge is 0.330 e. The minimum Gasteiger partial charge on any atom is -0.491 e. The van der Waals surface area contributed by atoms with Crippen LogP contribution >= 0.6 is 0 Å². The summed E-state index contributed by atoms with van der Waals surface area (Å²) >= 11 is 0. The molecule has 0 amide bonds. The molecular formula is C23H23N3O4. The molecule has 0 spiro atoms. The summed E-state index contributed by atoms with van der Waals surface area (Å²) in [4.78, 5) is 19.3. The topological polar surface area (TPSA) is 93.3 Å². The van der Waals surface area contributed by atoms with E-state index in [2.05, 4.69) is 9.97 Å². The molecule has 0 aliphatic rings. The quantitative estimate of drug-likeness (QED) is 0.492. The molecule has 0 aliphatic heterocycles. The Hall–Kier alpha value is -3.58. The molecule has 30 heavy (non-hydrogen) atoms. The Kier molecular flexibility index (Phi) is 5.54. The van der Waals surface area contributed by atoms with Crippen molar-refractivity contribution in [3.63, 3.8) is 0 Å². The van der Waals surface area contributed by atoms with Crippen molar-refractivity contribution < 1.29 is 14.3 Å². The Bertz CT molecular complexity index is 1220. The Balaban J connectivity index is 1.57. The van der Waals surface area contributed by atoms with Gasteiger partial charge < -0.3 is 19.2 Å². The highest BCUT2D eigenvalue weighted by atomic mass is 16.5. The Morgan fingerprint density at radius 1 is 1.20 bits per heavy atom. The molecule has 7 nitrogen and oxygen atoms in total. The number of oxazole rings is 1. The van der Waals surface area contributed by atoms with E-state index < -0.39 is 0 Å². The lowest BCUT2D eigenvalue weighted by molar-refractivity contribution is 0.201. The van der Waals surface area contributed by atoms with Crippen LogP contribution in [0.5, 0.6) is 5.75 Å². The third-order valence-electron chi connectivity index (χ3n) is 4.83. The summed E-state index contributed by atoms with van der Waals surface area (Å²) in [5, 5.41) is 8.94. The van der Waals surface area contributed by atoms with Crippen LogP contribution in [0, 0.1) is 13.8 Å². The Morgan fingerprint density at radius 2 is 2.07 bits per heavy atom. The van der Waals surface area contributed by atoms with E-state index in [1.807, 2.05) is 56.3 Å². The molecule has 2 N–H and O–H groups in total. The lowest BCUT2D eigenvalue weighted by Crippen LogP contribution is -2.13. The molecule has 0 radical (unpaired) electrons. The van der Waals surface area contributed by atoms with Gasteiger partial charge in [0.15, 0.2) is 11.7 Å². The zero-order chi connectivity index (χ0) is 21.1. The number of imidazole rings is 1. The second-order valence-electron chi connectivity index (χ2n) is 7.12. The largest absolute Gasteiger partial charge is 0.491 e. The van der Waals surface area contributed by atoms with E-state index >= 15 is 0 Å². The van der Waals surface area contributed by atoms with Crippen LogP contribution < -0.4 is 10.4 Å². The Morgan fingerprint density at radius 3 is 2.83 bits per heavy atom. The van der Waals surface area contributed by atoms with Gasteiger partial charge >= 0.3 is 5.69 Å². The first kappa shape index (κ1) is 19.7. The molecule has 7 heteroatoms. The number of H-pyrrole nitrogens is 1. The van der Waals surface area contributed by atoms with Crippen molar-refractivity contribution in [2.24, 2.45) is 0 Å². The van der Waals surface area contributed by atoms with Crippen molar-refractivity contribution in [2.45, 2.75) is 20.3 Å². The fraction of sp³-hybridized carbons (Fsp3) is 0.217. The summed E-state index contributed by atoms with van der Waals surface area (Å²) in [7, 11) is 0. The van der Waals surface area contributed by atoms with Gasteiger partial charge in [0.2, 0.25) is 0 Å². The maximum atomic E-state index is 12.1. The number of hydrogen-bond donors (Lipinski definition) is 2. The SMILES string of the molecule is Cc1cn(-c2cccc(-c3cnc(Cc4cc(OCCO)ccc4C)o3)c2)c(=O)[nH]1. The highest BCUT2D eigenvalue weighted by Gasteiger charge is 2.11. The predicted octanol–water partition coefficient (Wildman–Crippen LogP) is 3.40. The number of benzene rings is 2. The van der Waals surface area contributed by atoms with Crippen molar-refractivity contribution in [2.75, 3.05) is 13.2 Å². The monoisotopic (exact) mass is 405 g/mol. The fourth-order valence-electron chi connectivity index (χ4n) is 3.29. The second kappa shape index (κ2) is 8.42. The summed E-state index contributed by atoms with van der Waals surface area (Å²) in [5.74, 6) is 1.93. The number of aromatic amines is 1. The summed E-state index contributed by atoms with van der Waals surface area (Å²) in [5.41, 5.74) is 4.37. The number of aromatic nitrogens is 3. The van der Waals surface area contributed by atoms with Crippen LogP contribution in [0.2, 0.25) is 0 Å². The summed E-state index contributed by atoms with van der Waals surface area (Å²) in [6, 6.07) is 13.4. The van der Waals surface area contributed by atoms with E-state index in [4.69, 9.17) is 14.3 Å². The highest BCUT2D eigenvalue weighted by molar-refractivity contribution is 5.60. The van der Waals surface area contributed by atoms with Crippen LogP contribution in [0.25, 0.3) is 17.0 Å². The van der Waals surface area contributed by atoms with Gasteiger partial charge in [0.1, 0.15) is 12.4 Å². The minimum absolute atomic E-state index is 0.0280. The van der Waals surface area contributed by atoms with Crippen molar-refractivity contribution in [3.05, 3.63) is 88.1 Å². The maximum absolute atomic E-state index is 12.1. The van der Waals surface area contributed by atoms with Gasteiger partial charge in [-0.3, -0.25) is 4.57 Å². The molecule has 2 heterocycles. The number of hydrogen-bond acceptors (Lipinski definition) is 5. The zero-order valence-electron chi connectivity index (χ0n) is 16.9. The van der Waals surface area contributed by atoms with Crippen molar-refractivity contribution >= 4 is 0 Å². The molecular weight excluding hydrogens is 382 g/mol. The van der Waals surface area contributed by atoms with Crippen molar-refractivity contribution in [3.8, 4) is 22.8 Å². The van der Waals surface area contributed by atoms with E-state index in [1.165, 1.54) is 0 Å². The highest BCUT2D eigenvalue weighted by Crippen LogP contribution is 2.25. The molecule has 4 rings (SSSR count). The number of nitrogens with zero attached hydrogens (tertiary/aromatic N) is 2. The third kappa shape index (κ3) is 4.21. The molecule has 0 saturated heterocycles. The van der Waals surface area contributed by atoms with Crippen molar-refractivity contribution in [1.82, 2.24) is 14.5 Å². The minimum atomic E-state index is -0.179. The number of nitrogens with one attached hydrogen (secondary N) is 1. The lowest BCUT2D eigenvalue weighted by Gasteiger charge is -2.08. The second-order valence-corrected chi connectivity index (χ2v) is 7.12. The van der Waals surface area contributed by atoms with Gasteiger partial charge in [-0.05, 0) is 49.2 Å². The van der Waals surface area contributed by atoms with E-state index in [0.29, 0.717) is 23.8 Å². The molecule has 0 bridgehead atoms. The van der Waals surface area contributed by atoms with E-state index in [1.54, 1.807) is 17.0 Å². The van der Waals surface area contributed by atoms with Crippen LogP contribution in [-0.2, 0) is 6.42 Å². The molecule has 0 saturated carbocycles. The van der Waals surface area contributed by atoms with Gasteiger partial charge in [0.05, 0.1) is 18.5 Å². The van der Waals surface area contributed by atoms with E-state index in [-0.39, 0.29) is 18.9 Å². The number of aliphatic hydroxyl groups excluding tert-OH is 1. The van der Waals surface area contributed by atoms with Crippen LogP contribution in [0.3, 0.4) is 0 Å². The first-order valence-corrected chi connectivity index (χ1v) is 9.70. The molecule has 154 valence electrons. The number of ether oxygens (including phenoxy) is 1. The van der Waals surface area contributed by atoms with Gasteiger partial charge in [-0.2, -0.15) is 0 Å². The van der Waals surface area contributed by atoms with E-state index in [9.17, 15) is 4.79 Å². The molecule has 0 fully saturated rings. The normalized spacial score (nSPS) is 11.0. The van der Waals surface area contributed by atoms with Gasteiger partial charge in [-0.15, -0.1) is 0 Å². The van der Waals surface area contributed by atoms with E-state index in [0.717, 1.165) is 28.1 Å². The number of aryl methyl sites for hydroxylation is 2. The van der Waals surface area contributed by atoms with Crippen LogP contribution in [0.1, 0.15) is 22.7 Å². The molecule has 2 aromatic heterocycles. The Labute approximate surface area is 173 Å². The van der Waals surface area contributed by atoms with Gasteiger partial charge in [0, 0.05) is 23.9 Å². The summed E-state index contributed by atoms with van der Waals surface area (Å²) in [6.07, 6.45) is 3.99. The van der Waals surface area contributed by atoms with Crippen molar-refractivity contribution in [1.29, 1.82) is 0 Å².